The lowest BCUT2D eigenvalue weighted by Gasteiger charge is -2.24. The molecule has 0 radical (unpaired) electrons. The highest BCUT2D eigenvalue weighted by Crippen LogP contribution is 2.14. The maximum atomic E-state index is 5.97. The van der Waals surface area contributed by atoms with Gasteiger partial charge in [0.05, 0.1) is 12.7 Å². The van der Waals surface area contributed by atoms with E-state index in [9.17, 15) is 0 Å². The van der Waals surface area contributed by atoms with Gasteiger partial charge in [-0.3, -0.25) is 4.99 Å². The number of hydrogen-bond donors (Lipinski definition) is 1. The lowest BCUT2D eigenvalue weighted by Crippen LogP contribution is -2.41. The van der Waals surface area contributed by atoms with Crippen LogP contribution in [0.25, 0.3) is 0 Å². The largest absolute Gasteiger partial charge is 0.343 e. The molecule has 1 aliphatic rings. The molecule has 0 spiro atoms. The summed E-state index contributed by atoms with van der Waals surface area (Å²) < 4.78 is 0. The Morgan fingerprint density at radius 2 is 1.68 bits per heavy atom. The number of rotatable bonds is 13. The molecule has 2 N–H and O–H groups in total. The molecule has 0 bridgehead atoms. The van der Waals surface area contributed by atoms with E-state index in [1.807, 2.05) is 0 Å². The van der Waals surface area contributed by atoms with Gasteiger partial charge in [0.1, 0.15) is 5.84 Å². The predicted octanol–water partition coefficient (Wildman–Crippen LogP) is 4.87. The molecule has 1 unspecified atom stereocenters. The van der Waals surface area contributed by atoms with E-state index in [2.05, 4.69) is 35.9 Å². The van der Waals surface area contributed by atoms with E-state index in [1.54, 1.807) is 0 Å². The third kappa shape index (κ3) is 8.57. The molecule has 0 aromatic rings. The fourth-order valence-corrected chi connectivity index (χ4v) is 3.06. The Kier molecular flexibility index (Phi) is 11.1. The zero-order valence-electron chi connectivity index (χ0n) is 14.9. The first-order chi connectivity index (χ1) is 10.8. The van der Waals surface area contributed by atoms with E-state index in [4.69, 9.17) is 5.73 Å². The zero-order chi connectivity index (χ0) is 16.0. The number of nitrogens with two attached hydrogens (primary N) is 1. The molecule has 0 saturated carbocycles. The number of aliphatic imine (C=N–C) groups is 1. The smallest absolute Gasteiger partial charge is 0.100 e. The molecule has 1 heterocycles. The Labute approximate surface area is 138 Å². The van der Waals surface area contributed by atoms with Crippen molar-refractivity contribution in [3.8, 4) is 0 Å². The molecule has 0 fully saturated rings. The zero-order valence-corrected chi connectivity index (χ0v) is 14.9. The highest BCUT2D eigenvalue weighted by Gasteiger charge is 2.18. The summed E-state index contributed by atoms with van der Waals surface area (Å²) in [6.45, 7) is 6.20. The van der Waals surface area contributed by atoms with Crippen LogP contribution in [0, 0.1) is 0 Å². The standard InChI is InChI=1S/C19H37N3/c1-3-4-5-6-7-8-9-10-11-12-13-14-15-19-21-16-17-22(19)18(2)20/h4-5,18H,3,6-17,20H2,1-2H3/b5-4+. The SMILES string of the molecule is CC/C=C/CCCCCCCCCCC1=NCCN1C(C)N. The molecule has 0 aromatic carbocycles. The first-order valence-electron chi connectivity index (χ1n) is 9.46. The summed E-state index contributed by atoms with van der Waals surface area (Å²) in [6.07, 6.45) is 19.2. The van der Waals surface area contributed by atoms with Crippen molar-refractivity contribution in [2.45, 2.75) is 90.6 Å². The van der Waals surface area contributed by atoms with E-state index >= 15 is 0 Å². The summed E-state index contributed by atoms with van der Waals surface area (Å²) in [7, 11) is 0. The lowest BCUT2D eigenvalue weighted by molar-refractivity contribution is 0.358. The third-order valence-electron chi connectivity index (χ3n) is 4.38. The van der Waals surface area contributed by atoms with Crippen LogP contribution in [-0.2, 0) is 0 Å². The Morgan fingerprint density at radius 3 is 2.32 bits per heavy atom. The molecular formula is C19H37N3. The van der Waals surface area contributed by atoms with Gasteiger partial charge in [0.25, 0.3) is 0 Å². The number of hydrogen-bond acceptors (Lipinski definition) is 3. The van der Waals surface area contributed by atoms with Crippen molar-refractivity contribution in [1.82, 2.24) is 4.90 Å². The van der Waals surface area contributed by atoms with Gasteiger partial charge in [-0.25, -0.2) is 0 Å². The molecule has 0 aromatic heterocycles. The molecule has 3 nitrogen and oxygen atoms in total. The van der Waals surface area contributed by atoms with Crippen LogP contribution >= 0.6 is 0 Å². The molecule has 128 valence electrons. The van der Waals surface area contributed by atoms with Crippen molar-refractivity contribution >= 4 is 5.84 Å². The third-order valence-corrected chi connectivity index (χ3v) is 4.38. The number of allylic oxidation sites excluding steroid dienone is 2. The Morgan fingerprint density at radius 1 is 1.05 bits per heavy atom. The van der Waals surface area contributed by atoms with Gasteiger partial charge in [-0.2, -0.15) is 0 Å². The van der Waals surface area contributed by atoms with Gasteiger partial charge in [0.15, 0.2) is 0 Å². The van der Waals surface area contributed by atoms with Crippen LogP contribution in [0.15, 0.2) is 17.1 Å². The minimum Gasteiger partial charge on any atom is -0.343 e. The Hall–Kier alpha value is -0.830. The van der Waals surface area contributed by atoms with Crippen molar-refractivity contribution < 1.29 is 0 Å². The van der Waals surface area contributed by atoms with Crippen LogP contribution in [0.2, 0.25) is 0 Å². The van der Waals surface area contributed by atoms with Gasteiger partial charge >= 0.3 is 0 Å². The van der Waals surface area contributed by atoms with Gasteiger partial charge in [-0.05, 0) is 32.6 Å². The van der Waals surface area contributed by atoms with Crippen molar-refractivity contribution in [3.63, 3.8) is 0 Å². The van der Waals surface area contributed by atoms with Crippen molar-refractivity contribution in [2.24, 2.45) is 10.7 Å². The maximum absolute atomic E-state index is 5.97. The molecule has 22 heavy (non-hydrogen) atoms. The predicted molar refractivity (Wildman–Crippen MR) is 98.3 cm³/mol. The molecule has 1 atom stereocenters. The van der Waals surface area contributed by atoms with Gasteiger partial charge in [-0.1, -0.05) is 57.6 Å². The molecule has 1 rings (SSSR count). The average molecular weight is 308 g/mol. The van der Waals surface area contributed by atoms with Gasteiger partial charge in [-0.15, -0.1) is 0 Å². The van der Waals surface area contributed by atoms with E-state index in [0.29, 0.717) is 0 Å². The van der Waals surface area contributed by atoms with Crippen molar-refractivity contribution in [1.29, 1.82) is 0 Å². The minimum absolute atomic E-state index is 0.119. The molecule has 3 heteroatoms. The van der Waals surface area contributed by atoms with Crippen molar-refractivity contribution in [3.05, 3.63) is 12.2 Å². The normalized spacial score (nSPS) is 16.5. The second-order valence-electron chi connectivity index (χ2n) is 6.48. The summed E-state index contributed by atoms with van der Waals surface area (Å²) in [5.74, 6) is 1.25. The van der Waals surface area contributed by atoms with Crippen LogP contribution in [-0.4, -0.2) is 30.0 Å². The quantitative estimate of drug-likeness (QED) is 0.389. The summed E-state index contributed by atoms with van der Waals surface area (Å²) in [5.41, 5.74) is 5.97. The minimum atomic E-state index is 0.119. The molecule has 0 aliphatic carbocycles. The van der Waals surface area contributed by atoms with Crippen LogP contribution in [0.4, 0.5) is 0 Å². The number of unbranched alkanes of at least 4 members (excludes halogenated alkanes) is 8. The van der Waals surface area contributed by atoms with Crippen LogP contribution in [0.1, 0.15) is 84.5 Å². The van der Waals surface area contributed by atoms with E-state index in [-0.39, 0.29) is 6.17 Å². The maximum Gasteiger partial charge on any atom is 0.100 e. The molecule has 0 saturated heterocycles. The second kappa shape index (κ2) is 12.7. The van der Waals surface area contributed by atoms with Gasteiger partial charge < -0.3 is 10.6 Å². The number of amidine groups is 1. The highest BCUT2D eigenvalue weighted by atomic mass is 15.3. The Bertz CT molecular complexity index is 321. The fraction of sp³-hybridized carbons (Fsp3) is 0.842. The van der Waals surface area contributed by atoms with Crippen molar-refractivity contribution in [2.75, 3.05) is 13.1 Å². The summed E-state index contributed by atoms with van der Waals surface area (Å²) in [6, 6.07) is 0. The van der Waals surface area contributed by atoms with Gasteiger partial charge in [0, 0.05) is 13.0 Å². The summed E-state index contributed by atoms with van der Waals surface area (Å²) >= 11 is 0. The summed E-state index contributed by atoms with van der Waals surface area (Å²) in [4.78, 5) is 6.84. The van der Waals surface area contributed by atoms with E-state index in [1.165, 1.54) is 70.0 Å². The molecular weight excluding hydrogens is 270 g/mol. The first-order valence-corrected chi connectivity index (χ1v) is 9.46. The average Bonchev–Trinajstić information content (AvgIpc) is 2.97. The molecule has 0 amide bonds. The summed E-state index contributed by atoms with van der Waals surface area (Å²) in [5, 5.41) is 0. The van der Waals surface area contributed by atoms with Crippen LogP contribution in [0.5, 0.6) is 0 Å². The number of nitrogens with zero attached hydrogens (tertiary/aromatic N) is 2. The second-order valence-corrected chi connectivity index (χ2v) is 6.48. The van der Waals surface area contributed by atoms with E-state index < -0.39 is 0 Å². The van der Waals surface area contributed by atoms with Crippen LogP contribution < -0.4 is 5.73 Å². The monoisotopic (exact) mass is 307 g/mol. The first kappa shape index (κ1) is 19.2. The topological polar surface area (TPSA) is 41.6 Å². The van der Waals surface area contributed by atoms with Gasteiger partial charge in [0.2, 0.25) is 0 Å². The Balaban J connectivity index is 1.87. The van der Waals surface area contributed by atoms with Crippen LogP contribution in [0.3, 0.4) is 0 Å². The lowest BCUT2D eigenvalue weighted by atomic mass is 10.1. The fourth-order valence-electron chi connectivity index (χ4n) is 3.06. The van der Waals surface area contributed by atoms with E-state index in [0.717, 1.165) is 19.5 Å². The molecule has 1 aliphatic heterocycles. The highest BCUT2D eigenvalue weighted by molar-refractivity contribution is 5.83.